The van der Waals surface area contributed by atoms with Gasteiger partial charge in [-0.3, -0.25) is 4.79 Å². The second kappa shape index (κ2) is 8.41. The number of ketones is 2. The second-order valence-corrected chi connectivity index (χ2v) is 10.6. The fourth-order valence-corrected chi connectivity index (χ4v) is 6.20. The van der Waals surface area contributed by atoms with E-state index in [0.29, 0.717) is 12.5 Å². The van der Waals surface area contributed by atoms with Crippen LogP contribution in [0.3, 0.4) is 0 Å². The van der Waals surface area contributed by atoms with E-state index in [1.54, 1.807) is 6.92 Å². The lowest BCUT2D eigenvalue weighted by Gasteiger charge is -2.53. The minimum atomic E-state index is -0.424. The van der Waals surface area contributed by atoms with Gasteiger partial charge in [-0.25, -0.2) is 4.79 Å². The molecule has 3 aliphatic rings. The summed E-state index contributed by atoms with van der Waals surface area (Å²) in [5.74, 6) is -0.322. The number of carbonyl (C=O) groups excluding carboxylic acids is 3. The Morgan fingerprint density at radius 3 is 2.53 bits per heavy atom. The Labute approximate surface area is 180 Å². The average Bonchev–Trinajstić information content (AvgIpc) is 2.67. The highest BCUT2D eigenvalue weighted by Gasteiger charge is 2.58. The quantitative estimate of drug-likeness (QED) is 0.371. The molecule has 0 N–H and O–H groups in total. The SMILES string of the molecule is CC(=O)C[C@@H]1C(=O)[C@@H]2COC(C)(C)C3CC[C@@](C)(CC32)[C@H]1/C=C/OC(=O)C=C(C)C. The van der Waals surface area contributed by atoms with Crippen molar-refractivity contribution in [1.29, 1.82) is 0 Å². The first-order valence-corrected chi connectivity index (χ1v) is 11.1. The van der Waals surface area contributed by atoms with Crippen LogP contribution in [-0.2, 0) is 23.9 Å². The van der Waals surface area contributed by atoms with Crippen molar-refractivity contribution in [1.82, 2.24) is 0 Å². The van der Waals surface area contributed by atoms with Crippen LogP contribution >= 0.6 is 0 Å². The lowest BCUT2D eigenvalue weighted by atomic mass is 9.56. The van der Waals surface area contributed by atoms with E-state index in [2.05, 4.69) is 20.8 Å². The van der Waals surface area contributed by atoms with E-state index >= 15 is 0 Å². The van der Waals surface area contributed by atoms with Crippen molar-refractivity contribution >= 4 is 17.5 Å². The monoisotopic (exact) mass is 416 g/mol. The first-order valence-electron chi connectivity index (χ1n) is 11.1. The van der Waals surface area contributed by atoms with E-state index in [4.69, 9.17) is 9.47 Å². The van der Waals surface area contributed by atoms with Crippen molar-refractivity contribution < 1.29 is 23.9 Å². The number of ether oxygens (including phenoxy) is 2. The number of carbonyl (C=O) groups is 3. The Kier molecular flexibility index (Phi) is 6.43. The van der Waals surface area contributed by atoms with Crippen molar-refractivity contribution in [3.8, 4) is 0 Å². The van der Waals surface area contributed by atoms with Gasteiger partial charge >= 0.3 is 5.97 Å². The van der Waals surface area contributed by atoms with Gasteiger partial charge in [-0.05, 0) is 83.1 Å². The standard InChI is InChI=1S/C25H36O5/c1-15(2)11-22(27)29-10-8-21-17(12-16(3)26)23(28)19-14-30-24(4,5)20-7-9-25(21,6)13-18(19)20/h8,10-11,17-21H,7,9,12-14H2,1-6H3/b10-8+/t17-,18?,19+,20?,21-,25-/m0/s1. The van der Waals surface area contributed by atoms with E-state index in [9.17, 15) is 14.4 Å². The zero-order valence-corrected chi connectivity index (χ0v) is 19.2. The van der Waals surface area contributed by atoms with Crippen LogP contribution in [0.2, 0.25) is 0 Å². The Morgan fingerprint density at radius 1 is 1.20 bits per heavy atom. The summed E-state index contributed by atoms with van der Waals surface area (Å²) in [5, 5.41) is 0. The predicted molar refractivity (Wildman–Crippen MR) is 114 cm³/mol. The van der Waals surface area contributed by atoms with E-state index < -0.39 is 11.9 Å². The van der Waals surface area contributed by atoms with Gasteiger partial charge in [0.1, 0.15) is 11.6 Å². The Bertz CT molecular complexity index is 772. The first-order chi connectivity index (χ1) is 13.9. The van der Waals surface area contributed by atoms with Gasteiger partial charge in [0, 0.05) is 24.3 Å². The molecule has 0 amide bonds. The van der Waals surface area contributed by atoms with Crippen LogP contribution in [0, 0.1) is 35.0 Å². The molecule has 5 nitrogen and oxygen atoms in total. The molecule has 0 aromatic heterocycles. The number of esters is 1. The van der Waals surface area contributed by atoms with Gasteiger partial charge in [-0.2, -0.15) is 0 Å². The van der Waals surface area contributed by atoms with E-state index in [0.717, 1.165) is 24.8 Å². The molecule has 1 saturated heterocycles. The molecule has 3 fully saturated rings. The van der Waals surface area contributed by atoms with Crippen LogP contribution in [0.25, 0.3) is 0 Å². The number of rotatable bonds is 5. The second-order valence-electron chi connectivity index (χ2n) is 10.6. The number of fused-ring (bicyclic) bond motifs is 1. The summed E-state index contributed by atoms with van der Waals surface area (Å²) in [7, 11) is 0. The third-order valence-electron chi connectivity index (χ3n) is 7.64. The molecule has 0 aromatic carbocycles. The number of allylic oxidation sites excluding steroid dienone is 2. The maximum Gasteiger partial charge on any atom is 0.335 e. The van der Waals surface area contributed by atoms with Gasteiger partial charge in [0.05, 0.1) is 18.5 Å². The minimum Gasteiger partial charge on any atom is -0.432 e. The maximum atomic E-state index is 13.7. The Balaban J connectivity index is 1.95. The smallest absolute Gasteiger partial charge is 0.335 e. The van der Waals surface area contributed by atoms with Crippen molar-refractivity contribution in [2.24, 2.45) is 35.0 Å². The molecule has 2 bridgehead atoms. The van der Waals surface area contributed by atoms with Crippen LogP contribution in [0.4, 0.5) is 0 Å². The molecule has 2 saturated carbocycles. The van der Waals surface area contributed by atoms with Crippen molar-refractivity contribution in [3.05, 3.63) is 24.0 Å². The number of Topliss-reactive ketones (excluding diaryl/α,β-unsaturated/α-hetero) is 2. The molecule has 2 unspecified atom stereocenters. The van der Waals surface area contributed by atoms with Gasteiger partial charge in [0.15, 0.2) is 0 Å². The van der Waals surface area contributed by atoms with Gasteiger partial charge in [-0.15, -0.1) is 0 Å². The highest BCUT2D eigenvalue weighted by molar-refractivity contribution is 5.90. The Hall–Kier alpha value is -1.75. The number of hydrogen-bond donors (Lipinski definition) is 0. The zero-order valence-electron chi connectivity index (χ0n) is 19.2. The highest BCUT2D eigenvalue weighted by atomic mass is 16.5. The predicted octanol–water partition coefficient (Wildman–Crippen LogP) is 4.65. The summed E-state index contributed by atoms with van der Waals surface area (Å²) in [4.78, 5) is 37.7. The summed E-state index contributed by atoms with van der Waals surface area (Å²) in [5.41, 5.74) is 0.525. The van der Waals surface area contributed by atoms with Gasteiger partial charge in [0.25, 0.3) is 0 Å². The third kappa shape index (κ3) is 4.46. The van der Waals surface area contributed by atoms with Crippen LogP contribution in [-0.4, -0.2) is 29.7 Å². The van der Waals surface area contributed by atoms with E-state index in [1.807, 2.05) is 19.9 Å². The molecule has 2 aliphatic carbocycles. The molecule has 6 atom stereocenters. The maximum absolute atomic E-state index is 13.7. The first kappa shape index (κ1) is 22.9. The fourth-order valence-electron chi connectivity index (χ4n) is 6.20. The number of hydrogen-bond acceptors (Lipinski definition) is 5. The fraction of sp³-hybridized carbons (Fsp3) is 0.720. The summed E-state index contributed by atoms with van der Waals surface area (Å²) < 4.78 is 11.4. The molecule has 0 radical (unpaired) electrons. The third-order valence-corrected chi connectivity index (χ3v) is 7.64. The van der Waals surface area contributed by atoms with Crippen molar-refractivity contribution in [3.63, 3.8) is 0 Å². The molecule has 5 heteroatoms. The molecular formula is C25H36O5. The van der Waals surface area contributed by atoms with Gasteiger partial charge < -0.3 is 14.3 Å². The molecular weight excluding hydrogens is 380 g/mol. The van der Waals surface area contributed by atoms with Crippen molar-refractivity contribution in [2.75, 3.05) is 6.61 Å². The molecule has 1 heterocycles. The summed E-state index contributed by atoms with van der Waals surface area (Å²) >= 11 is 0. The summed E-state index contributed by atoms with van der Waals surface area (Å²) in [6.45, 7) is 12.2. The van der Waals surface area contributed by atoms with Crippen LogP contribution in [0.15, 0.2) is 24.0 Å². The van der Waals surface area contributed by atoms with E-state index in [-0.39, 0.29) is 46.8 Å². The molecule has 0 spiro atoms. The van der Waals surface area contributed by atoms with Crippen LogP contribution < -0.4 is 0 Å². The van der Waals surface area contributed by atoms with Crippen LogP contribution in [0.1, 0.15) is 67.2 Å². The Morgan fingerprint density at radius 2 is 1.90 bits per heavy atom. The van der Waals surface area contributed by atoms with Gasteiger partial charge in [-0.1, -0.05) is 12.5 Å². The lowest BCUT2D eigenvalue weighted by Crippen LogP contribution is -2.53. The highest BCUT2D eigenvalue weighted by Crippen LogP contribution is 2.59. The minimum absolute atomic E-state index is 0.0157. The zero-order chi connectivity index (χ0) is 22.3. The van der Waals surface area contributed by atoms with Gasteiger partial charge in [0.2, 0.25) is 0 Å². The molecule has 1 aliphatic heterocycles. The normalized spacial score (nSPS) is 37.4. The molecule has 166 valence electrons. The summed E-state index contributed by atoms with van der Waals surface area (Å²) in [6, 6.07) is 0. The summed E-state index contributed by atoms with van der Waals surface area (Å²) in [6.07, 6.45) is 7.87. The largest absolute Gasteiger partial charge is 0.432 e. The van der Waals surface area contributed by atoms with Crippen LogP contribution in [0.5, 0.6) is 0 Å². The molecule has 0 aromatic rings. The average molecular weight is 417 g/mol. The molecule has 3 rings (SSSR count). The topological polar surface area (TPSA) is 69.7 Å². The molecule has 30 heavy (non-hydrogen) atoms. The lowest BCUT2D eigenvalue weighted by molar-refractivity contribution is -0.173. The van der Waals surface area contributed by atoms with E-state index in [1.165, 1.54) is 12.3 Å². The van der Waals surface area contributed by atoms with Crippen molar-refractivity contribution in [2.45, 2.75) is 72.8 Å².